The van der Waals surface area contributed by atoms with E-state index in [0.717, 1.165) is 12.0 Å². The summed E-state index contributed by atoms with van der Waals surface area (Å²) < 4.78 is 0. The van der Waals surface area contributed by atoms with Crippen molar-refractivity contribution in [3.05, 3.63) is 28.8 Å². The molecule has 1 aromatic carbocycles. The molecule has 0 saturated carbocycles. The Morgan fingerprint density at radius 2 is 2.00 bits per heavy atom. The Morgan fingerprint density at radius 1 is 1.26 bits per heavy atom. The average Bonchev–Trinajstić information content (AvgIpc) is 2.37. The highest BCUT2D eigenvalue weighted by atomic mass is 35.5. The number of nitrogens with one attached hydrogen (secondary N) is 3. The van der Waals surface area contributed by atoms with Crippen LogP contribution in [0.1, 0.15) is 18.9 Å². The van der Waals surface area contributed by atoms with Crippen molar-refractivity contribution in [2.75, 3.05) is 18.4 Å². The Kier molecular flexibility index (Phi) is 6.15. The molecule has 0 aliphatic carbocycles. The van der Waals surface area contributed by atoms with Crippen LogP contribution in [0.25, 0.3) is 0 Å². The van der Waals surface area contributed by atoms with Crippen molar-refractivity contribution < 1.29 is 9.59 Å². The Bertz CT molecular complexity index is 463. The van der Waals surface area contributed by atoms with E-state index < -0.39 is 6.03 Å². The van der Waals surface area contributed by atoms with E-state index in [0.29, 0.717) is 17.3 Å². The first kappa shape index (κ1) is 15.3. The van der Waals surface area contributed by atoms with Crippen LogP contribution in [-0.2, 0) is 4.79 Å². The van der Waals surface area contributed by atoms with Gasteiger partial charge in [0.2, 0.25) is 5.91 Å². The summed E-state index contributed by atoms with van der Waals surface area (Å²) in [6, 6.07) is 4.85. The van der Waals surface area contributed by atoms with Gasteiger partial charge in [0.25, 0.3) is 0 Å². The van der Waals surface area contributed by atoms with Gasteiger partial charge in [0, 0.05) is 6.54 Å². The molecule has 0 aromatic heterocycles. The van der Waals surface area contributed by atoms with Gasteiger partial charge in [-0.25, -0.2) is 4.79 Å². The van der Waals surface area contributed by atoms with Crippen molar-refractivity contribution in [3.63, 3.8) is 0 Å². The lowest BCUT2D eigenvalue weighted by atomic mass is 10.2. The zero-order valence-electron chi connectivity index (χ0n) is 11.0. The number of amides is 3. The summed E-state index contributed by atoms with van der Waals surface area (Å²) in [7, 11) is 0. The van der Waals surface area contributed by atoms with Gasteiger partial charge in [0.1, 0.15) is 0 Å². The second-order valence-electron chi connectivity index (χ2n) is 4.14. The van der Waals surface area contributed by atoms with Gasteiger partial charge in [-0.05, 0) is 31.0 Å². The Labute approximate surface area is 117 Å². The van der Waals surface area contributed by atoms with Gasteiger partial charge < -0.3 is 16.0 Å². The molecule has 0 aliphatic heterocycles. The van der Waals surface area contributed by atoms with E-state index in [1.807, 2.05) is 19.9 Å². The van der Waals surface area contributed by atoms with Crippen molar-refractivity contribution in [1.29, 1.82) is 0 Å². The highest BCUT2D eigenvalue weighted by Crippen LogP contribution is 2.22. The molecule has 104 valence electrons. The first-order chi connectivity index (χ1) is 9.02. The molecule has 1 rings (SSSR count). The zero-order chi connectivity index (χ0) is 14.3. The third-order valence-electron chi connectivity index (χ3n) is 2.35. The number of rotatable bonds is 5. The largest absolute Gasteiger partial charge is 0.355 e. The Morgan fingerprint density at radius 3 is 2.63 bits per heavy atom. The zero-order valence-corrected chi connectivity index (χ0v) is 11.8. The minimum absolute atomic E-state index is 0.0602. The molecule has 1 aromatic rings. The van der Waals surface area contributed by atoms with E-state index in [9.17, 15) is 9.59 Å². The highest BCUT2D eigenvalue weighted by molar-refractivity contribution is 6.33. The van der Waals surface area contributed by atoms with E-state index >= 15 is 0 Å². The number of aryl methyl sites for hydroxylation is 1. The molecule has 0 spiro atoms. The van der Waals surface area contributed by atoms with Gasteiger partial charge in [-0.3, -0.25) is 4.79 Å². The molecule has 0 unspecified atom stereocenters. The van der Waals surface area contributed by atoms with Crippen molar-refractivity contribution in [3.8, 4) is 0 Å². The third kappa shape index (κ3) is 5.61. The summed E-state index contributed by atoms with van der Waals surface area (Å²) in [5.74, 6) is -0.216. The molecule has 0 bridgehead atoms. The van der Waals surface area contributed by atoms with E-state index in [-0.39, 0.29) is 12.5 Å². The minimum Gasteiger partial charge on any atom is -0.355 e. The molecular weight excluding hydrogens is 266 g/mol. The molecule has 19 heavy (non-hydrogen) atoms. The van der Waals surface area contributed by atoms with Crippen molar-refractivity contribution >= 4 is 29.2 Å². The molecule has 0 radical (unpaired) electrons. The fourth-order valence-corrected chi connectivity index (χ4v) is 1.66. The van der Waals surface area contributed by atoms with Crippen LogP contribution >= 0.6 is 11.6 Å². The van der Waals surface area contributed by atoms with Crippen LogP contribution in [0.2, 0.25) is 5.02 Å². The fraction of sp³-hybridized carbons (Fsp3) is 0.385. The number of anilines is 1. The van der Waals surface area contributed by atoms with Gasteiger partial charge in [0.05, 0.1) is 17.3 Å². The maximum absolute atomic E-state index is 11.6. The predicted molar refractivity (Wildman–Crippen MR) is 76.5 cm³/mol. The average molecular weight is 284 g/mol. The quantitative estimate of drug-likeness (QED) is 0.776. The normalized spacial score (nSPS) is 9.84. The maximum Gasteiger partial charge on any atom is 0.319 e. The number of halogens is 1. The number of hydrogen-bond donors (Lipinski definition) is 3. The third-order valence-corrected chi connectivity index (χ3v) is 2.67. The highest BCUT2D eigenvalue weighted by Gasteiger charge is 2.07. The van der Waals surface area contributed by atoms with Crippen LogP contribution in [0.15, 0.2) is 18.2 Å². The Hall–Kier alpha value is -1.75. The number of carbonyl (C=O) groups excluding carboxylic acids is 2. The number of carbonyl (C=O) groups is 2. The SMILES string of the molecule is CCCNC(=O)CNC(=O)Nc1ccc(C)cc1Cl. The van der Waals surface area contributed by atoms with E-state index in [1.165, 1.54) is 0 Å². The molecular formula is C13H18ClN3O2. The van der Waals surface area contributed by atoms with Crippen LogP contribution < -0.4 is 16.0 Å². The van der Waals surface area contributed by atoms with Gasteiger partial charge in [-0.2, -0.15) is 0 Å². The maximum atomic E-state index is 11.6. The Balaban J connectivity index is 2.41. The number of benzene rings is 1. The van der Waals surface area contributed by atoms with Crippen LogP contribution in [0, 0.1) is 6.92 Å². The van der Waals surface area contributed by atoms with Gasteiger partial charge in [-0.1, -0.05) is 24.6 Å². The first-order valence-corrected chi connectivity index (χ1v) is 6.48. The summed E-state index contributed by atoms with van der Waals surface area (Å²) in [5, 5.41) is 8.17. The van der Waals surface area contributed by atoms with Crippen LogP contribution in [-0.4, -0.2) is 25.0 Å². The van der Waals surface area contributed by atoms with Crippen LogP contribution in [0.3, 0.4) is 0 Å². The molecule has 5 nitrogen and oxygen atoms in total. The molecule has 0 atom stereocenters. The predicted octanol–water partition coefficient (Wildman–Crippen LogP) is 2.30. The second-order valence-corrected chi connectivity index (χ2v) is 4.55. The van der Waals surface area contributed by atoms with E-state index in [2.05, 4.69) is 16.0 Å². The molecule has 3 N–H and O–H groups in total. The molecule has 0 heterocycles. The van der Waals surface area contributed by atoms with Crippen LogP contribution in [0.4, 0.5) is 10.5 Å². The van der Waals surface area contributed by atoms with Crippen molar-refractivity contribution in [2.24, 2.45) is 0 Å². The fourth-order valence-electron chi connectivity index (χ4n) is 1.38. The smallest absolute Gasteiger partial charge is 0.319 e. The lowest BCUT2D eigenvalue weighted by Crippen LogP contribution is -2.39. The monoisotopic (exact) mass is 283 g/mol. The molecule has 0 saturated heterocycles. The first-order valence-electron chi connectivity index (χ1n) is 6.10. The molecule has 6 heteroatoms. The van der Waals surface area contributed by atoms with Gasteiger partial charge in [0.15, 0.2) is 0 Å². The van der Waals surface area contributed by atoms with Crippen LogP contribution in [0.5, 0.6) is 0 Å². The number of urea groups is 1. The van der Waals surface area contributed by atoms with Crippen molar-refractivity contribution in [2.45, 2.75) is 20.3 Å². The lowest BCUT2D eigenvalue weighted by molar-refractivity contribution is -0.120. The summed E-state index contributed by atoms with van der Waals surface area (Å²) in [6.07, 6.45) is 0.858. The molecule has 0 aliphatic rings. The summed E-state index contributed by atoms with van der Waals surface area (Å²) in [4.78, 5) is 22.9. The summed E-state index contributed by atoms with van der Waals surface area (Å²) >= 11 is 5.98. The van der Waals surface area contributed by atoms with Gasteiger partial charge in [-0.15, -0.1) is 0 Å². The summed E-state index contributed by atoms with van der Waals surface area (Å²) in [6.45, 7) is 4.41. The second kappa shape index (κ2) is 7.63. The van der Waals surface area contributed by atoms with E-state index in [4.69, 9.17) is 11.6 Å². The lowest BCUT2D eigenvalue weighted by Gasteiger charge is -2.09. The molecule has 0 fully saturated rings. The standard InChI is InChI=1S/C13H18ClN3O2/c1-3-6-15-12(18)8-16-13(19)17-11-5-4-9(2)7-10(11)14/h4-5,7H,3,6,8H2,1-2H3,(H,15,18)(H2,16,17,19). The molecule has 3 amide bonds. The summed E-state index contributed by atoms with van der Waals surface area (Å²) in [5.41, 5.74) is 1.52. The van der Waals surface area contributed by atoms with Crippen molar-refractivity contribution in [1.82, 2.24) is 10.6 Å². The van der Waals surface area contributed by atoms with Gasteiger partial charge >= 0.3 is 6.03 Å². The topological polar surface area (TPSA) is 70.2 Å². The number of hydrogen-bond acceptors (Lipinski definition) is 2. The minimum atomic E-state index is -0.461. The van der Waals surface area contributed by atoms with E-state index in [1.54, 1.807) is 12.1 Å².